The van der Waals surface area contributed by atoms with Crippen molar-refractivity contribution in [3.8, 4) is 0 Å². The molecule has 2 atom stereocenters. The van der Waals surface area contributed by atoms with Gasteiger partial charge in [-0.05, 0) is 39.2 Å². The molecule has 0 aromatic carbocycles. The van der Waals surface area contributed by atoms with Crippen molar-refractivity contribution in [1.82, 2.24) is 14.5 Å². The fraction of sp³-hybridized carbons (Fsp3) is 0.588. The van der Waals surface area contributed by atoms with Crippen molar-refractivity contribution in [2.24, 2.45) is 0 Å². The van der Waals surface area contributed by atoms with Crippen molar-refractivity contribution in [1.29, 1.82) is 0 Å². The third kappa shape index (κ3) is 6.04. The van der Waals surface area contributed by atoms with E-state index in [-0.39, 0.29) is 12.3 Å². The molecule has 0 saturated carbocycles. The summed E-state index contributed by atoms with van der Waals surface area (Å²) in [6.07, 6.45) is 5.31. The van der Waals surface area contributed by atoms with Crippen LogP contribution >= 0.6 is 11.6 Å². The molecule has 1 fully saturated rings. The Bertz CT molecular complexity index is 691. The lowest BCUT2D eigenvalue weighted by molar-refractivity contribution is -0.127. The summed E-state index contributed by atoms with van der Waals surface area (Å²) in [4.78, 5) is 19.0. The first-order chi connectivity index (χ1) is 11.7. The zero-order chi connectivity index (χ0) is 19.2. The Morgan fingerprint density at radius 2 is 1.92 bits per heavy atom. The highest BCUT2D eigenvalue weighted by Crippen LogP contribution is 2.33. The van der Waals surface area contributed by atoms with Gasteiger partial charge in [-0.15, -0.1) is 0 Å². The Hall–Kier alpha value is -1.54. The molecule has 2 N–H and O–H groups in total. The molecule has 0 spiro atoms. The lowest BCUT2D eigenvalue weighted by Crippen LogP contribution is -2.15. The summed E-state index contributed by atoms with van der Waals surface area (Å²) >= 11 is 6.08. The van der Waals surface area contributed by atoms with E-state index in [4.69, 9.17) is 26.6 Å². The number of aldehydes is 1. The average Bonchev–Trinajstić information content (AvgIpc) is 3.13. The Morgan fingerprint density at radius 3 is 2.44 bits per heavy atom. The maximum absolute atomic E-state index is 10.7. The second kappa shape index (κ2) is 9.24. The summed E-state index contributed by atoms with van der Waals surface area (Å²) in [6, 6.07) is 0. The Morgan fingerprint density at radius 1 is 1.32 bits per heavy atom. The minimum atomic E-state index is -1.50. The number of fused-ring (bicyclic) bond motifs is 1. The van der Waals surface area contributed by atoms with E-state index in [1.807, 2.05) is 31.5 Å². The van der Waals surface area contributed by atoms with Crippen LogP contribution in [0.2, 0.25) is 5.15 Å². The summed E-state index contributed by atoms with van der Waals surface area (Å²) < 4.78 is 7.58. The van der Waals surface area contributed by atoms with Crippen molar-refractivity contribution in [2.45, 2.75) is 65.6 Å². The van der Waals surface area contributed by atoms with Gasteiger partial charge in [0.15, 0.2) is 5.79 Å². The van der Waals surface area contributed by atoms with Gasteiger partial charge in [0, 0.05) is 6.20 Å². The molecule has 25 heavy (non-hydrogen) atoms. The van der Waals surface area contributed by atoms with Crippen molar-refractivity contribution < 1.29 is 19.7 Å². The van der Waals surface area contributed by atoms with Crippen LogP contribution in [0.25, 0.3) is 11.0 Å². The fourth-order valence-corrected chi connectivity index (χ4v) is 2.67. The van der Waals surface area contributed by atoms with E-state index in [2.05, 4.69) is 9.97 Å². The summed E-state index contributed by atoms with van der Waals surface area (Å²) in [5.74, 6) is -1.50. The van der Waals surface area contributed by atoms with E-state index in [1.165, 1.54) is 20.2 Å². The summed E-state index contributed by atoms with van der Waals surface area (Å²) in [5, 5.41) is 17.4. The van der Waals surface area contributed by atoms with Crippen LogP contribution in [-0.2, 0) is 9.53 Å². The smallest absolute Gasteiger partial charge is 0.156 e. The van der Waals surface area contributed by atoms with Gasteiger partial charge in [-0.2, -0.15) is 0 Å². The number of carbonyl (C=O) groups excluding carboxylic acids is 1. The van der Waals surface area contributed by atoms with E-state index in [0.717, 1.165) is 35.7 Å². The van der Waals surface area contributed by atoms with Gasteiger partial charge in [-0.3, -0.25) is 0 Å². The summed E-state index contributed by atoms with van der Waals surface area (Å²) in [6.45, 7) is 8.56. The molecule has 3 heterocycles. The Labute approximate surface area is 152 Å². The second-order valence-electron chi connectivity index (χ2n) is 5.92. The zero-order valence-corrected chi connectivity index (χ0v) is 16.0. The monoisotopic (exact) mass is 371 g/mol. The normalized spacial score (nSPS) is 19.7. The van der Waals surface area contributed by atoms with E-state index in [0.29, 0.717) is 5.15 Å². The molecular formula is C17H26ClN3O4. The van der Waals surface area contributed by atoms with Gasteiger partial charge in [0.25, 0.3) is 0 Å². The number of carbonyl (C=O) groups is 1. The molecule has 8 heteroatoms. The first-order valence-corrected chi connectivity index (χ1v) is 8.61. The van der Waals surface area contributed by atoms with Crippen LogP contribution in [0.1, 0.15) is 52.3 Å². The number of rotatable bonds is 2. The second-order valence-corrected chi connectivity index (χ2v) is 6.28. The van der Waals surface area contributed by atoms with Crippen molar-refractivity contribution >= 4 is 28.9 Å². The number of aliphatic hydroxyl groups is 2. The molecule has 2 aromatic heterocycles. The third-order valence-corrected chi connectivity index (χ3v) is 3.53. The van der Waals surface area contributed by atoms with Crippen LogP contribution < -0.4 is 0 Å². The fourth-order valence-electron chi connectivity index (χ4n) is 2.39. The highest BCUT2D eigenvalue weighted by Gasteiger charge is 2.28. The van der Waals surface area contributed by atoms with Crippen LogP contribution in [0.4, 0.5) is 0 Å². The molecule has 1 aliphatic rings. The van der Waals surface area contributed by atoms with Crippen molar-refractivity contribution in [3.05, 3.63) is 23.2 Å². The number of nitrogens with zero attached hydrogens (tertiary/aromatic N) is 3. The molecule has 1 aliphatic heterocycles. The van der Waals surface area contributed by atoms with Crippen LogP contribution in [0.3, 0.4) is 0 Å². The van der Waals surface area contributed by atoms with Crippen molar-refractivity contribution in [3.63, 3.8) is 0 Å². The molecule has 140 valence electrons. The molecule has 2 unspecified atom stereocenters. The van der Waals surface area contributed by atoms with E-state index >= 15 is 0 Å². The van der Waals surface area contributed by atoms with Crippen LogP contribution in [0.5, 0.6) is 0 Å². The van der Waals surface area contributed by atoms with Crippen LogP contribution in [0.15, 0.2) is 12.5 Å². The lowest BCUT2D eigenvalue weighted by atomic mass is 10.2. The highest BCUT2D eigenvalue weighted by molar-refractivity contribution is 6.34. The van der Waals surface area contributed by atoms with Gasteiger partial charge in [0.2, 0.25) is 0 Å². The summed E-state index contributed by atoms with van der Waals surface area (Å²) in [7, 11) is 0. The maximum atomic E-state index is 10.7. The van der Waals surface area contributed by atoms with Gasteiger partial charge >= 0.3 is 0 Å². The van der Waals surface area contributed by atoms with Crippen LogP contribution in [-0.4, -0.2) is 42.9 Å². The molecule has 3 rings (SSSR count). The zero-order valence-electron chi connectivity index (χ0n) is 15.2. The molecule has 1 saturated heterocycles. The molecular weight excluding hydrogens is 346 g/mol. The highest BCUT2D eigenvalue weighted by atomic mass is 35.5. The van der Waals surface area contributed by atoms with Gasteiger partial charge in [-0.25, -0.2) is 9.97 Å². The number of hydrogen-bond acceptors (Lipinski definition) is 6. The number of aryl methyl sites for hydroxylation is 1. The van der Waals surface area contributed by atoms with Gasteiger partial charge in [0.05, 0.1) is 5.39 Å². The van der Waals surface area contributed by atoms with E-state index in [9.17, 15) is 4.79 Å². The molecule has 0 aliphatic carbocycles. The van der Waals surface area contributed by atoms with Crippen molar-refractivity contribution in [2.75, 3.05) is 0 Å². The van der Waals surface area contributed by atoms with E-state index < -0.39 is 5.79 Å². The minimum absolute atomic E-state index is 0.151. The third-order valence-electron chi connectivity index (χ3n) is 3.24. The molecule has 0 amide bonds. The predicted molar refractivity (Wildman–Crippen MR) is 96.3 cm³/mol. The quantitative estimate of drug-likeness (QED) is 0.478. The number of halogens is 1. The number of ether oxygens (including phenoxy) is 1. The molecule has 2 aromatic rings. The number of hydrogen-bond donors (Lipinski definition) is 2. The SMILES string of the molecule is CC.CC(C)(O)O.Cc1cn(C2CCC(C=O)O2)c2ncnc(Cl)c12. The standard InChI is InChI=1S/C12H12ClN3O2.C3H8O2.C2H6/c1-7-4-16(9-3-2-8(5-17)18-9)12-10(7)11(13)14-6-15-12;1-3(2,4)5;1-2/h4-6,8-9H,2-3H2,1H3;4-5H,1-2H3;1-2H3. The van der Waals surface area contributed by atoms with Crippen LogP contribution in [0, 0.1) is 6.92 Å². The first-order valence-electron chi connectivity index (χ1n) is 8.24. The van der Waals surface area contributed by atoms with Gasteiger partial charge in [0.1, 0.15) is 35.7 Å². The largest absolute Gasteiger partial charge is 0.366 e. The number of aromatic nitrogens is 3. The minimum Gasteiger partial charge on any atom is -0.366 e. The van der Waals surface area contributed by atoms with Gasteiger partial charge in [-0.1, -0.05) is 25.4 Å². The summed E-state index contributed by atoms with van der Waals surface area (Å²) in [5.41, 5.74) is 1.76. The first kappa shape index (κ1) is 21.5. The topological polar surface area (TPSA) is 97.5 Å². The Kier molecular flexibility index (Phi) is 7.95. The lowest BCUT2D eigenvalue weighted by Gasteiger charge is -2.13. The molecule has 0 bridgehead atoms. The maximum Gasteiger partial charge on any atom is 0.156 e. The Balaban J connectivity index is 0.000000388. The van der Waals surface area contributed by atoms with E-state index in [1.54, 1.807) is 0 Å². The van der Waals surface area contributed by atoms with Gasteiger partial charge < -0.3 is 24.3 Å². The molecule has 7 nitrogen and oxygen atoms in total. The average molecular weight is 372 g/mol. The predicted octanol–water partition coefficient (Wildman–Crippen LogP) is 3.00. The molecule has 0 radical (unpaired) electrons.